The van der Waals surface area contributed by atoms with E-state index in [1.165, 1.54) is 12.8 Å². The summed E-state index contributed by atoms with van der Waals surface area (Å²) in [5.41, 5.74) is 1.74. The van der Waals surface area contributed by atoms with E-state index in [1.807, 2.05) is 18.2 Å². The van der Waals surface area contributed by atoms with Gasteiger partial charge in [-0.1, -0.05) is 11.6 Å². The average molecular weight is 279 g/mol. The molecule has 0 spiro atoms. The maximum atomic E-state index is 11.4. The molecule has 0 unspecified atom stereocenters. The standard InChI is InChI=1S/C15H19ClN2O/c1-11(19)14-5-4-13(10-15(14)16)18-8-6-17(7-9-18)12-2-3-12/h4-5,10,12H,2-3,6-9H2,1H3. The molecule has 0 aromatic heterocycles. The summed E-state index contributed by atoms with van der Waals surface area (Å²) in [4.78, 5) is 16.3. The van der Waals surface area contributed by atoms with Gasteiger partial charge in [0, 0.05) is 43.5 Å². The van der Waals surface area contributed by atoms with Crippen molar-refractivity contribution in [2.75, 3.05) is 31.1 Å². The van der Waals surface area contributed by atoms with Gasteiger partial charge >= 0.3 is 0 Å². The van der Waals surface area contributed by atoms with E-state index in [0.717, 1.165) is 37.9 Å². The number of carbonyl (C=O) groups excluding carboxylic acids is 1. The SMILES string of the molecule is CC(=O)c1ccc(N2CCN(C3CC3)CC2)cc1Cl. The number of carbonyl (C=O) groups is 1. The minimum atomic E-state index is 0.0232. The van der Waals surface area contributed by atoms with Gasteiger partial charge in [0.25, 0.3) is 0 Å². The molecular weight excluding hydrogens is 260 g/mol. The van der Waals surface area contributed by atoms with Crippen molar-refractivity contribution in [3.8, 4) is 0 Å². The third kappa shape index (κ3) is 2.77. The van der Waals surface area contributed by atoms with Crippen molar-refractivity contribution in [1.29, 1.82) is 0 Å². The molecule has 19 heavy (non-hydrogen) atoms. The van der Waals surface area contributed by atoms with Gasteiger partial charge in [-0.3, -0.25) is 9.69 Å². The van der Waals surface area contributed by atoms with E-state index in [1.54, 1.807) is 6.92 Å². The maximum absolute atomic E-state index is 11.4. The van der Waals surface area contributed by atoms with Crippen molar-refractivity contribution in [3.05, 3.63) is 28.8 Å². The van der Waals surface area contributed by atoms with Gasteiger partial charge in [-0.25, -0.2) is 0 Å². The van der Waals surface area contributed by atoms with Crippen LogP contribution in [0.4, 0.5) is 5.69 Å². The monoisotopic (exact) mass is 278 g/mol. The molecule has 1 aliphatic heterocycles. The van der Waals surface area contributed by atoms with E-state index in [4.69, 9.17) is 11.6 Å². The molecule has 0 amide bonds. The van der Waals surface area contributed by atoms with Gasteiger partial charge in [0.15, 0.2) is 5.78 Å². The largest absolute Gasteiger partial charge is 0.369 e. The number of hydrogen-bond donors (Lipinski definition) is 0. The molecule has 0 bridgehead atoms. The van der Waals surface area contributed by atoms with Crippen molar-refractivity contribution >= 4 is 23.1 Å². The molecule has 1 aromatic rings. The fourth-order valence-corrected chi connectivity index (χ4v) is 3.08. The summed E-state index contributed by atoms with van der Waals surface area (Å²) >= 11 is 6.17. The van der Waals surface area contributed by atoms with Crippen molar-refractivity contribution < 1.29 is 4.79 Å². The Morgan fingerprint density at radius 3 is 2.42 bits per heavy atom. The van der Waals surface area contributed by atoms with Crippen LogP contribution < -0.4 is 4.90 Å². The fourth-order valence-electron chi connectivity index (χ4n) is 2.77. The van der Waals surface area contributed by atoms with Gasteiger partial charge in [-0.2, -0.15) is 0 Å². The van der Waals surface area contributed by atoms with E-state index in [2.05, 4.69) is 9.80 Å². The van der Waals surface area contributed by atoms with Crippen LogP contribution in [0.2, 0.25) is 5.02 Å². The third-order valence-corrected chi connectivity index (χ3v) is 4.39. The summed E-state index contributed by atoms with van der Waals surface area (Å²) in [5, 5.41) is 0.564. The van der Waals surface area contributed by atoms with Crippen molar-refractivity contribution in [1.82, 2.24) is 4.90 Å². The summed E-state index contributed by atoms with van der Waals surface area (Å²) in [5.74, 6) is 0.0232. The summed E-state index contributed by atoms with van der Waals surface area (Å²) in [6.07, 6.45) is 2.75. The lowest BCUT2D eigenvalue weighted by molar-refractivity contribution is 0.101. The Balaban J connectivity index is 1.69. The minimum Gasteiger partial charge on any atom is -0.369 e. The molecule has 3 nitrogen and oxygen atoms in total. The highest BCUT2D eigenvalue weighted by atomic mass is 35.5. The molecule has 4 heteroatoms. The molecule has 1 saturated heterocycles. The zero-order valence-electron chi connectivity index (χ0n) is 11.2. The van der Waals surface area contributed by atoms with Crippen LogP contribution in [-0.2, 0) is 0 Å². The van der Waals surface area contributed by atoms with Gasteiger partial charge < -0.3 is 4.90 Å². The molecule has 0 atom stereocenters. The Morgan fingerprint density at radius 1 is 1.21 bits per heavy atom. The summed E-state index contributed by atoms with van der Waals surface area (Å²) < 4.78 is 0. The topological polar surface area (TPSA) is 23.6 Å². The van der Waals surface area contributed by atoms with E-state index in [0.29, 0.717) is 10.6 Å². The lowest BCUT2D eigenvalue weighted by Crippen LogP contribution is -2.47. The Morgan fingerprint density at radius 2 is 1.89 bits per heavy atom. The Hall–Kier alpha value is -1.06. The smallest absolute Gasteiger partial charge is 0.161 e. The number of anilines is 1. The fraction of sp³-hybridized carbons (Fsp3) is 0.533. The predicted octanol–water partition coefficient (Wildman–Crippen LogP) is 2.83. The molecule has 1 aliphatic carbocycles. The van der Waals surface area contributed by atoms with E-state index >= 15 is 0 Å². The zero-order chi connectivity index (χ0) is 13.4. The number of benzene rings is 1. The highest BCUT2D eigenvalue weighted by Gasteiger charge is 2.31. The molecule has 1 heterocycles. The van der Waals surface area contributed by atoms with Crippen molar-refractivity contribution in [3.63, 3.8) is 0 Å². The highest BCUT2D eigenvalue weighted by molar-refractivity contribution is 6.34. The predicted molar refractivity (Wildman–Crippen MR) is 78.3 cm³/mol. The van der Waals surface area contributed by atoms with Crippen LogP contribution in [-0.4, -0.2) is 42.9 Å². The maximum Gasteiger partial charge on any atom is 0.161 e. The van der Waals surface area contributed by atoms with E-state index in [9.17, 15) is 4.79 Å². The lowest BCUT2D eigenvalue weighted by Gasteiger charge is -2.36. The molecule has 0 N–H and O–H groups in total. The number of Topliss-reactive ketones (excluding diaryl/α,β-unsaturated/α-hetero) is 1. The molecule has 1 aromatic carbocycles. The molecule has 2 aliphatic rings. The highest BCUT2D eigenvalue weighted by Crippen LogP contribution is 2.29. The van der Waals surface area contributed by atoms with Gasteiger partial charge in [0.2, 0.25) is 0 Å². The first-order valence-electron chi connectivity index (χ1n) is 6.94. The summed E-state index contributed by atoms with van der Waals surface area (Å²) in [6.45, 7) is 5.92. The van der Waals surface area contributed by atoms with Crippen LogP contribution in [0, 0.1) is 0 Å². The first-order chi connectivity index (χ1) is 9.15. The summed E-state index contributed by atoms with van der Waals surface area (Å²) in [7, 11) is 0. The second-order valence-corrected chi connectivity index (χ2v) is 5.88. The normalized spacial score (nSPS) is 20.6. The number of nitrogens with zero attached hydrogens (tertiary/aromatic N) is 2. The van der Waals surface area contributed by atoms with E-state index in [-0.39, 0.29) is 5.78 Å². The van der Waals surface area contributed by atoms with Gasteiger partial charge in [-0.15, -0.1) is 0 Å². The van der Waals surface area contributed by atoms with Gasteiger partial charge in [0.05, 0.1) is 5.02 Å². The number of halogens is 1. The number of hydrogen-bond acceptors (Lipinski definition) is 3. The van der Waals surface area contributed by atoms with Crippen LogP contribution >= 0.6 is 11.6 Å². The number of ketones is 1. The second-order valence-electron chi connectivity index (χ2n) is 5.47. The molecule has 2 fully saturated rings. The van der Waals surface area contributed by atoms with Crippen LogP contribution in [0.5, 0.6) is 0 Å². The van der Waals surface area contributed by atoms with Crippen LogP contribution in [0.25, 0.3) is 0 Å². The molecule has 3 rings (SSSR count). The molecule has 1 saturated carbocycles. The van der Waals surface area contributed by atoms with Crippen LogP contribution in [0.15, 0.2) is 18.2 Å². The molecule has 102 valence electrons. The van der Waals surface area contributed by atoms with Crippen LogP contribution in [0.1, 0.15) is 30.1 Å². The summed E-state index contributed by atoms with van der Waals surface area (Å²) in [6, 6.07) is 6.62. The van der Waals surface area contributed by atoms with Gasteiger partial charge in [-0.05, 0) is 38.0 Å². The zero-order valence-corrected chi connectivity index (χ0v) is 12.0. The third-order valence-electron chi connectivity index (χ3n) is 4.07. The van der Waals surface area contributed by atoms with Crippen molar-refractivity contribution in [2.45, 2.75) is 25.8 Å². The van der Waals surface area contributed by atoms with Gasteiger partial charge in [0.1, 0.15) is 0 Å². The number of piperazine rings is 1. The molecule has 0 radical (unpaired) electrons. The van der Waals surface area contributed by atoms with Crippen molar-refractivity contribution in [2.24, 2.45) is 0 Å². The van der Waals surface area contributed by atoms with Crippen LogP contribution in [0.3, 0.4) is 0 Å². The van der Waals surface area contributed by atoms with E-state index < -0.39 is 0 Å². The minimum absolute atomic E-state index is 0.0232. The Labute approximate surface area is 119 Å². The first-order valence-corrected chi connectivity index (χ1v) is 7.32. The quantitative estimate of drug-likeness (QED) is 0.795. The average Bonchev–Trinajstić information content (AvgIpc) is 3.22. The lowest BCUT2D eigenvalue weighted by atomic mass is 10.1. The Kier molecular flexibility index (Phi) is 3.50. The Bertz CT molecular complexity index is 491. The first kappa shape index (κ1) is 12.9. The molecular formula is C15H19ClN2O. The number of rotatable bonds is 3. The second kappa shape index (κ2) is 5.14.